The van der Waals surface area contributed by atoms with Gasteiger partial charge in [0.1, 0.15) is 5.82 Å². The first-order chi connectivity index (χ1) is 15.3. The van der Waals surface area contributed by atoms with Gasteiger partial charge in [-0.15, -0.1) is 0 Å². The molecule has 10 nitrogen and oxygen atoms in total. The number of nitro benzene ring substituents is 1. The van der Waals surface area contributed by atoms with Crippen molar-refractivity contribution in [3.8, 4) is 5.75 Å². The standard InChI is InChI=1S/C21H19BrN4O6/c1-2-3-4-19-24-16-7-6-14(22)10-15(16)21(29)25(19)23-11-13-5-8-18(32-12-20(27)28)17(9-13)26(30)31/h5-11H,2-4,12H2,1H3,(H,27,28). The largest absolute Gasteiger partial charge is 0.479 e. The Morgan fingerprint density at radius 3 is 2.81 bits per heavy atom. The second-order valence-electron chi connectivity index (χ2n) is 6.82. The Kier molecular flexibility index (Phi) is 7.31. The fourth-order valence-corrected chi connectivity index (χ4v) is 3.31. The van der Waals surface area contributed by atoms with Crippen molar-refractivity contribution in [3.05, 3.63) is 72.7 Å². The number of unbranched alkanes of at least 4 members (excludes halogenated alkanes) is 1. The second kappa shape index (κ2) is 10.1. The topological polar surface area (TPSA) is 137 Å². The first-order valence-corrected chi connectivity index (χ1v) is 10.5. The number of carbonyl (C=O) groups is 1. The third-order valence-electron chi connectivity index (χ3n) is 4.48. The van der Waals surface area contributed by atoms with Crippen LogP contribution in [0.4, 0.5) is 5.69 Å². The number of benzene rings is 2. The number of halogens is 1. The van der Waals surface area contributed by atoms with Gasteiger partial charge in [-0.25, -0.2) is 9.78 Å². The van der Waals surface area contributed by atoms with E-state index < -0.39 is 23.2 Å². The molecule has 1 heterocycles. The SMILES string of the molecule is CCCCc1nc2ccc(Br)cc2c(=O)n1N=Cc1ccc(OCC(=O)O)c([N+](=O)[O-])c1. The van der Waals surface area contributed by atoms with E-state index in [-0.39, 0.29) is 11.3 Å². The number of aromatic nitrogens is 2. The number of hydrogen-bond acceptors (Lipinski definition) is 7. The van der Waals surface area contributed by atoms with E-state index >= 15 is 0 Å². The van der Waals surface area contributed by atoms with Crippen LogP contribution < -0.4 is 10.3 Å². The number of ether oxygens (including phenoxy) is 1. The molecule has 0 saturated heterocycles. The third kappa shape index (κ3) is 5.35. The fourth-order valence-electron chi connectivity index (χ4n) is 2.95. The average Bonchev–Trinajstić information content (AvgIpc) is 2.76. The van der Waals surface area contributed by atoms with Gasteiger partial charge >= 0.3 is 11.7 Å². The van der Waals surface area contributed by atoms with E-state index in [2.05, 4.69) is 26.0 Å². The summed E-state index contributed by atoms with van der Waals surface area (Å²) < 4.78 is 6.89. The van der Waals surface area contributed by atoms with Crippen molar-refractivity contribution in [2.24, 2.45) is 5.10 Å². The number of rotatable bonds is 9. The lowest BCUT2D eigenvalue weighted by molar-refractivity contribution is -0.385. The van der Waals surface area contributed by atoms with E-state index in [1.165, 1.54) is 29.1 Å². The van der Waals surface area contributed by atoms with Gasteiger partial charge in [0, 0.05) is 22.5 Å². The zero-order valence-electron chi connectivity index (χ0n) is 17.0. The molecule has 0 aliphatic carbocycles. The van der Waals surface area contributed by atoms with Crippen LogP contribution in [0.25, 0.3) is 10.9 Å². The molecule has 0 radical (unpaired) electrons. The van der Waals surface area contributed by atoms with Crippen molar-refractivity contribution in [1.82, 2.24) is 9.66 Å². The van der Waals surface area contributed by atoms with Crippen molar-refractivity contribution >= 4 is 44.7 Å². The summed E-state index contributed by atoms with van der Waals surface area (Å²) in [6.45, 7) is 1.32. The molecule has 0 atom stereocenters. The Labute approximate surface area is 190 Å². The molecule has 0 aliphatic rings. The lowest BCUT2D eigenvalue weighted by Crippen LogP contribution is -2.22. The summed E-state index contributed by atoms with van der Waals surface area (Å²) in [6.07, 6.45) is 3.57. The van der Waals surface area contributed by atoms with Crippen molar-refractivity contribution in [2.75, 3.05) is 6.61 Å². The molecule has 0 saturated carbocycles. The van der Waals surface area contributed by atoms with Crippen molar-refractivity contribution in [2.45, 2.75) is 26.2 Å². The van der Waals surface area contributed by atoms with Crippen LogP contribution in [0.1, 0.15) is 31.2 Å². The Hall–Kier alpha value is -3.60. The minimum absolute atomic E-state index is 0.174. The molecule has 11 heteroatoms. The van der Waals surface area contributed by atoms with Gasteiger partial charge in [0.25, 0.3) is 5.56 Å². The van der Waals surface area contributed by atoms with Gasteiger partial charge in [0.2, 0.25) is 0 Å². The zero-order chi connectivity index (χ0) is 23.3. The summed E-state index contributed by atoms with van der Waals surface area (Å²) in [5, 5.41) is 24.7. The monoisotopic (exact) mass is 502 g/mol. The van der Waals surface area contributed by atoms with Crippen LogP contribution in [0.2, 0.25) is 0 Å². The fraction of sp³-hybridized carbons (Fsp3) is 0.238. The number of fused-ring (bicyclic) bond motifs is 1. The van der Waals surface area contributed by atoms with Gasteiger partial charge in [-0.05, 0) is 36.8 Å². The second-order valence-corrected chi connectivity index (χ2v) is 7.74. The van der Waals surface area contributed by atoms with Gasteiger partial charge < -0.3 is 9.84 Å². The number of carboxylic acid groups (broad SMARTS) is 1. The van der Waals surface area contributed by atoms with E-state index in [0.717, 1.165) is 17.3 Å². The highest BCUT2D eigenvalue weighted by molar-refractivity contribution is 9.10. The molecule has 0 bridgehead atoms. The molecule has 0 spiro atoms. The highest BCUT2D eigenvalue weighted by Gasteiger charge is 2.17. The molecule has 0 fully saturated rings. The molecule has 0 amide bonds. The van der Waals surface area contributed by atoms with E-state index in [4.69, 9.17) is 9.84 Å². The van der Waals surface area contributed by atoms with Crippen LogP contribution >= 0.6 is 15.9 Å². The van der Waals surface area contributed by atoms with Crippen LogP contribution in [0.15, 0.2) is 50.8 Å². The Morgan fingerprint density at radius 2 is 2.12 bits per heavy atom. The van der Waals surface area contributed by atoms with E-state index in [1.807, 2.05) is 6.92 Å². The molecule has 3 aromatic rings. The van der Waals surface area contributed by atoms with Gasteiger partial charge in [-0.2, -0.15) is 9.78 Å². The summed E-state index contributed by atoms with van der Waals surface area (Å²) in [5.41, 5.74) is 0.136. The van der Waals surface area contributed by atoms with Gasteiger partial charge in [0.15, 0.2) is 12.4 Å². The van der Waals surface area contributed by atoms with Crippen molar-refractivity contribution in [3.63, 3.8) is 0 Å². The van der Waals surface area contributed by atoms with Gasteiger partial charge in [-0.1, -0.05) is 29.3 Å². The number of aryl methyl sites for hydroxylation is 1. The predicted octanol–water partition coefficient (Wildman–Crippen LogP) is 3.76. The molecule has 1 aromatic heterocycles. The molecule has 1 N–H and O–H groups in total. The van der Waals surface area contributed by atoms with Crippen LogP contribution in [-0.4, -0.2) is 38.5 Å². The van der Waals surface area contributed by atoms with Crippen molar-refractivity contribution < 1.29 is 19.6 Å². The van der Waals surface area contributed by atoms with Crippen LogP contribution in [0, 0.1) is 10.1 Å². The minimum Gasteiger partial charge on any atom is -0.479 e. The third-order valence-corrected chi connectivity index (χ3v) is 4.98. The highest BCUT2D eigenvalue weighted by Crippen LogP contribution is 2.27. The van der Waals surface area contributed by atoms with E-state index in [1.54, 1.807) is 18.2 Å². The molecule has 3 rings (SSSR count). The zero-order valence-corrected chi connectivity index (χ0v) is 18.6. The van der Waals surface area contributed by atoms with Crippen LogP contribution in [-0.2, 0) is 11.2 Å². The maximum atomic E-state index is 13.1. The smallest absolute Gasteiger partial charge is 0.341 e. The summed E-state index contributed by atoms with van der Waals surface area (Å²) in [5.74, 6) is -0.939. The first-order valence-electron chi connectivity index (χ1n) is 9.68. The number of nitro groups is 1. The summed E-state index contributed by atoms with van der Waals surface area (Å²) in [7, 11) is 0. The van der Waals surface area contributed by atoms with E-state index in [0.29, 0.717) is 28.7 Å². The number of nitrogens with zero attached hydrogens (tertiary/aromatic N) is 4. The molecule has 0 unspecified atom stereocenters. The molecule has 2 aromatic carbocycles. The summed E-state index contributed by atoms with van der Waals surface area (Å²) >= 11 is 3.35. The summed E-state index contributed by atoms with van der Waals surface area (Å²) in [4.78, 5) is 39.0. The highest BCUT2D eigenvalue weighted by atomic mass is 79.9. The number of aliphatic carboxylic acids is 1. The molecule has 166 valence electrons. The molecular formula is C21H19BrN4O6. The Balaban J connectivity index is 2.04. The lowest BCUT2D eigenvalue weighted by Gasteiger charge is -2.09. The normalized spacial score (nSPS) is 11.2. The number of hydrogen-bond donors (Lipinski definition) is 1. The maximum absolute atomic E-state index is 13.1. The maximum Gasteiger partial charge on any atom is 0.341 e. The van der Waals surface area contributed by atoms with E-state index in [9.17, 15) is 19.7 Å². The first kappa shape index (κ1) is 23.1. The Morgan fingerprint density at radius 1 is 1.34 bits per heavy atom. The number of carboxylic acids is 1. The van der Waals surface area contributed by atoms with Crippen molar-refractivity contribution in [1.29, 1.82) is 0 Å². The van der Waals surface area contributed by atoms with Crippen LogP contribution in [0.5, 0.6) is 5.75 Å². The molecular weight excluding hydrogens is 484 g/mol. The lowest BCUT2D eigenvalue weighted by atomic mass is 10.2. The quantitative estimate of drug-likeness (QED) is 0.267. The van der Waals surface area contributed by atoms with Crippen LogP contribution in [0.3, 0.4) is 0 Å². The summed E-state index contributed by atoms with van der Waals surface area (Å²) in [6, 6.07) is 9.19. The predicted molar refractivity (Wildman–Crippen MR) is 122 cm³/mol. The Bertz CT molecular complexity index is 1270. The minimum atomic E-state index is -1.25. The van der Waals surface area contributed by atoms with Gasteiger partial charge in [-0.3, -0.25) is 14.9 Å². The average molecular weight is 503 g/mol. The molecule has 0 aliphatic heterocycles. The van der Waals surface area contributed by atoms with Gasteiger partial charge in [0.05, 0.1) is 22.0 Å². The molecule has 32 heavy (non-hydrogen) atoms.